The summed E-state index contributed by atoms with van der Waals surface area (Å²) in [4.78, 5) is 18.3. The molecule has 3 rings (SSSR count). The normalized spacial score (nSPS) is 17.5. The highest BCUT2D eigenvalue weighted by Gasteiger charge is 2.29. The van der Waals surface area contributed by atoms with Crippen molar-refractivity contribution in [2.24, 2.45) is 0 Å². The van der Waals surface area contributed by atoms with Crippen LogP contribution >= 0.6 is 0 Å². The molecule has 96 valence electrons. The zero-order valence-electron chi connectivity index (χ0n) is 10.6. The van der Waals surface area contributed by atoms with Gasteiger partial charge in [-0.1, -0.05) is 12.1 Å². The maximum Gasteiger partial charge on any atom is 0.258 e. The Kier molecular flexibility index (Phi) is 2.91. The minimum absolute atomic E-state index is 0.00978. The predicted molar refractivity (Wildman–Crippen MR) is 72.4 cm³/mol. The summed E-state index contributed by atoms with van der Waals surface area (Å²) >= 11 is 0. The van der Waals surface area contributed by atoms with Crippen LogP contribution in [0, 0.1) is 0 Å². The fraction of sp³-hybridized carbons (Fsp3) is 0.200. The van der Waals surface area contributed by atoms with Gasteiger partial charge in [-0.15, -0.1) is 0 Å². The average Bonchev–Trinajstić information content (AvgIpc) is 2.47. The van der Waals surface area contributed by atoms with E-state index in [1.807, 2.05) is 31.2 Å². The first-order chi connectivity index (χ1) is 9.27. The number of para-hydroxylation sites is 2. The van der Waals surface area contributed by atoms with E-state index in [4.69, 9.17) is 4.74 Å². The van der Waals surface area contributed by atoms with E-state index in [0.29, 0.717) is 12.2 Å². The van der Waals surface area contributed by atoms with Gasteiger partial charge in [0, 0.05) is 18.0 Å². The van der Waals surface area contributed by atoms with Crippen molar-refractivity contribution >= 4 is 11.6 Å². The van der Waals surface area contributed by atoms with E-state index in [-0.39, 0.29) is 11.9 Å². The number of rotatable bonds is 1. The van der Waals surface area contributed by atoms with Crippen LogP contribution in [0.1, 0.15) is 17.3 Å². The Hall–Kier alpha value is -2.36. The number of anilines is 1. The molecule has 0 fully saturated rings. The van der Waals surface area contributed by atoms with Gasteiger partial charge in [0.1, 0.15) is 12.4 Å². The largest absolute Gasteiger partial charge is 0.489 e. The van der Waals surface area contributed by atoms with Gasteiger partial charge in [0.25, 0.3) is 5.91 Å². The summed E-state index contributed by atoms with van der Waals surface area (Å²) in [6.45, 7) is 2.49. The van der Waals surface area contributed by atoms with Crippen LogP contribution in [-0.2, 0) is 0 Å². The topological polar surface area (TPSA) is 42.4 Å². The van der Waals surface area contributed by atoms with E-state index in [1.165, 1.54) is 0 Å². The fourth-order valence-corrected chi connectivity index (χ4v) is 2.24. The third-order valence-corrected chi connectivity index (χ3v) is 3.19. The van der Waals surface area contributed by atoms with Crippen LogP contribution in [0.25, 0.3) is 0 Å². The Balaban J connectivity index is 2.02. The molecule has 1 unspecified atom stereocenters. The van der Waals surface area contributed by atoms with Crippen molar-refractivity contribution in [1.82, 2.24) is 4.98 Å². The molecule has 0 bridgehead atoms. The molecule has 2 aromatic rings. The van der Waals surface area contributed by atoms with Gasteiger partial charge in [-0.3, -0.25) is 14.7 Å². The minimum Gasteiger partial charge on any atom is -0.489 e. The molecule has 0 aliphatic carbocycles. The third kappa shape index (κ3) is 2.05. The van der Waals surface area contributed by atoms with E-state index in [9.17, 15) is 4.79 Å². The molecule has 1 aliphatic rings. The zero-order valence-corrected chi connectivity index (χ0v) is 10.6. The van der Waals surface area contributed by atoms with E-state index in [0.717, 1.165) is 11.4 Å². The first-order valence-electron chi connectivity index (χ1n) is 6.23. The number of benzene rings is 1. The van der Waals surface area contributed by atoms with E-state index < -0.39 is 0 Å². The van der Waals surface area contributed by atoms with Crippen molar-refractivity contribution in [3.05, 3.63) is 54.4 Å². The number of aromatic nitrogens is 1. The molecule has 2 heterocycles. The lowest BCUT2D eigenvalue weighted by Gasteiger charge is -2.35. The summed E-state index contributed by atoms with van der Waals surface area (Å²) in [5.41, 5.74) is 1.46. The Morgan fingerprint density at radius 2 is 2.00 bits per heavy atom. The van der Waals surface area contributed by atoms with E-state index in [1.54, 1.807) is 29.4 Å². The summed E-state index contributed by atoms with van der Waals surface area (Å²) in [6, 6.07) is 11.1. The van der Waals surface area contributed by atoms with E-state index >= 15 is 0 Å². The van der Waals surface area contributed by atoms with Gasteiger partial charge in [-0.25, -0.2) is 0 Å². The van der Waals surface area contributed by atoms with Crippen LogP contribution in [0.5, 0.6) is 5.75 Å². The van der Waals surface area contributed by atoms with Crippen LogP contribution < -0.4 is 9.64 Å². The molecule has 1 aromatic heterocycles. The molecule has 1 aliphatic heterocycles. The van der Waals surface area contributed by atoms with Crippen LogP contribution in [0.4, 0.5) is 5.69 Å². The number of ether oxygens (including phenoxy) is 1. The second-order valence-electron chi connectivity index (χ2n) is 4.54. The number of pyridine rings is 1. The van der Waals surface area contributed by atoms with Crippen molar-refractivity contribution in [2.45, 2.75) is 13.0 Å². The standard InChI is InChI=1S/C15H14N2O2/c1-11-10-19-14-5-3-2-4-13(14)17(11)15(18)12-6-8-16-9-7-12/h2-9,11H,10H2,1H3. The Bertz CT molecular complexity index is 598. The molecule has 0 saturated carbocycles. The minimum atomic E-state index is -0.0225. The molecule has 4 heteroatoms. The smallest absolute Gasteiger partial charge is 0.258 e. The van der Waals surface area contributed by atoms with Crippen LogP contribution in [0.15, 0.2) is 48.8 Å². The lowest BCUT2D eigenvalue weighted by Crippen LogP contribution is -2.45. The fourth-order valence-electron chi connectivity index (χ4n) is 2.24. The van der Waals surface area contributed by atoms with Crippen LogP contribution in [0.3, 0.4) is 0 Å². The third-order valence-electron chi connectivity index (χ3n) is 3.19. The van der Waals surface area contributed by atoms with Gasteiger partial charge in [-0.05, 0) is 31.2 Å². The van der Waals surface area contributed by atoms with Gasteiger partial charge in [-0.2, -0.15) is 0 Å². The monoisotopic (exact) mass is 254 g/mol. The lowest BCUT2D eigenvalue weighted by atomic mass is 10.1. The Morgan fingerprint density at radius 3 is 2.79 bits per heavy atom. The van der Waals surface area contributed by atoms with Crippen molar-refractivity contribution in [3.63, 3.8) is 0 Å². The second-order valence-corrected chi connectivity index (χ2v) is 4.54. The number of amides is 1. The van der Waals surface area contributed by atoms with Gasteiger partial charge in [0.2, 0.25) is 0 Å². The zero-order chi connectivity index (χ0) is 13.2. The molecular weight excluding hydrogens is 240 g/mol. The predicted octanol–water partition coefficient (Wildman–Crippen LogP) is 2.51. The maximum atomic E-state index is 12.6. The number of nitrogens with zero attached hydrogens (tertiary/aromatic N) is 2. The average molecular weight is 254 g/mol. The van der Waals surface area contributed by atoms with Crippen molar-refractivity contribution < 1.29 is 9.53 Å². The summed E-state index contributed by atoms with van der Waals surface area (Å²) in [5, 5.41) is 0. The molecule has 0 saturated heterocycles. The van der Waals surface area contributed by atoms with Crippen molar-refractivity contribution in [1.29, 1.82) is 0 Å². The van der Waals surface area contributed by atoms with Crippen LogP contribution in [0.2, 0.25) is 0 Å². The first-order valence-corrected chi connectivity index (χ1v) is 6.23. The molecule has 0 N–H and O–H groups in total. The highest BCUT2D eigenvalue weighted by molar-refractivity contribution is 6.07. The Morgan fingerprint density at radius 1 is 1.26 bits per heavy atom. The first kappa shape index (κ1) is 11.7. The molecule has 19 heavy (non-hydrogen) atoms. The number of carbonyl (C=O) groups excluding carboxylic acids is 1. The summed E-state index contributed by atoms with van der Waals surface area (Å²) in [6.07, 6.45) is 3.26. The van der Waals surface area contributed by atoms with Crippen molar-refractivity contribution in [3.8, 4) is 5.75 Å². The lowest BCUT2D eigenvalue weighted by molar-refractivity contribution is 0.0961. The molecule has 0 radical (unpaired) electrons. The van der Waals surface area contributed by atoms with Gasteiger partial charge in [0.05, 0.1) is 11.7 Å². The molecule has 0 spiro atoms. The number of fused-ring (bicyclic) bond motifs is 1. The highest BCUT2D eigenvalue weighted by atomic mass is 16.5. The van der Waals surface area contributed by atoms with Crippen LogP contribution in [-0.4, -0.2) is 23.5 Å². The molecule has 1 amide bonds. The van der Waals surface area contributed by atoms with Crippen molar-refractivity contribution in [2.75, 3.05) is 11.5 Å². The quantitative estimate of drug-likeness (QED) is 0.785. The summed E-state index contributed by atoms with van der Waals surface area (Å²) in [7, 11) is 0. The summed E-state index contributed by atoms with van der Waals surface area (Å²) in [5.74, 6) is 0.730. The Labute approximate surface area is 111 Å². The molecular formula is C15H14N2O2. The highest BCUT2D eigenvalue weighted by Crippen LogP contribution is 2.34. The maximum absolute atomic E-state index is 12.6. The van der Waals surface area contributed by atoms with Gasteiger partial charge < -0.3 is 4.74 Å². The number of hydrogen-bond acceptors (Lipinski definition) is 3. The SMILES string of the molecule is CC1COc2ccccc2N1C(=O)c1ccncc1. The second kappa shape index (κ2) is 4.72. The molecule has 1 aromatic carbocycles. The van der Waals surface area contributed by atoms with Gasteiger partial charge >= 0.3 is 0 Å². The van der Waals surface area contributed by atoms with Gasteiger partial charge in [0.15, 0.2) is 0 Å². The number of carbonyl (C=O) groups is 1. The number of hydrogen-bond donors (Lipinski definition) is 0. The summed E-state index contributed by atoms with van der Waals surface area (Å²) < 4.78 is 5.65. The van der Waals surface area contributed by atoms with E-state index in [2.05, 4.69) is 4.98 Å². The molecule has 1 atom stereocenters. The molecule has 4 nitrogen and oxygen atoms in total.